The minimum absolute atomic E-state index is 0.487. The number of rotatable bonds is 6. The Kier molecular flexibility index (Phi) is 9.95. The van der Waals surface area contributed by atoms with Crippen LogP contribution in [-0.2, 0) is 20.0 Å². The molecule has 25 heavy (non-hydrogen) atoms. The molecule has 0 bridgehead atoms. The SMILES string of the molecule is CC[P+](C)(CC)CC(C)C.O=S(=O)([N-]S(=O)(=O)C(F)(F)F)C(F)(F)F. The zero-order chi connectivity index (χ0) is 20.9. The van der Waals surface area contributed by atoms with E-state index in [0.717, 1.165) is 10.0 Å². The summed E-state index contributed by atoms with van der Waals surface area (Å²) in [5.41, 5.74) is -12.4. The van der Waals surface area contributed by atoms with Crippen molar-refractivity contribution in [3.63, 3.8) is 0 Å². The Morgan fingerprint density at radius 3 is 1.24 bits per heavy atom. The number of halogens is 6. The van der Waals surface area contributed by atoms with Gasteiger partial charge in [-0.05, 0) is 19.8 Å². The van der Waals surface area contributed by atoms with Crippen LogP contribution >= 0.6 is 7.26 Å². The monoisotopic (exact) mass is 441 g/mol. The maximum absolute atomic E-state index is 11.4. The van der Waals surface area contributed by atoms with Gasteiger partial charge < -0.3 is 4.13 Å². The third-order valence-electron chi connectivity index (χ3n) is 3.11. The number of hydrogen-bond donors (Lipinski definition) is 0. The van der Waals surface area contributed by atoms with E-state index in [-0.39, 0.29) is 0 Å². The molecule has 0 aliphatic carbocycles. The molecule has 154 valence electrons. The van der Waals surface area contributed by atoms with Crippen LogP contribution in [0.5, 0.6) is 0 Å². The fourth-order valence-corrected chi connectivity index (χ4v) is 6.01. The van der Waals surface area contributed by atoms with E-state index >= 15 is 0 Å². The molecular weight excluding hydrogens is 419 g/mol. The molecule has 0 saturated heterocycles. The first-order chi connectivity index (χ1) is 10.7. The van der Waals surface area contributed by atoms with E-state index in [1.807, 2.05) is 0 Å². The highest BCUT2D eigenvalue weighted by Gasteiger charge is 2.46. The van der Waals surface area contributed by atoms with Crippen LogP contribution in [0, 0.1) is 5.92 Å². The summed E-state index contributed by atoms with van der Waals surface area (Å²) in [7, 11) is -13.9. The summed E-state index contributed by atoms with van der Waals surface area (Å²) in [6, 6.07) is 0. The standard InChI is InChI=1S/C9H22P.C2F6NO4S2/c1-6-10(5,7-2)8-9(3)4;3-1(4,5)14(10,11)9-15(12,13)2(6,7)8/h9H,6-8H2,1-5H3;/q+1;-1. The molecule has 0 aromatic carbocycles. The molecule has 0 atom stereocenters. The van der Waals surface area contributed by atoms with Gasteiger partial charge in [0, 0.05) is 13.9 Å². The van der Waals surface area contributed by atoms with Crippen LogP contribution in [0.15, 0.2) is 0 Å². The number of alkyl halides is 6. The van der Waals surface area contributed by atoms with Crippen molar-refractivity contribution in [2.45, 2.75) is 38.7 Å². The van der Waals surface area contributed by atoms with Gasteiger partial charge in [0.2, 0.25) is 0 Å². The summed E-state index contributed by atoms with van der Waals surface area (Å²) < 4.78 is 109. The molecule has 5 nitrogen and oxygen atoms in total. The van der Waals surface area contributed by atoms with Gasteiger partial charge in [-0.25, -0.2) is 16.8 Å². The lowest BCUT2D eigenvalue weighted by molar-refractivity contribution is -0.0444. The van der Waals surface area contributed by atoms with Gasteiger partial charge in [-0.2, -0.15) is 26.3 Å². The van der Waals surface area contributed by atoms with Crippen molar-refractivity contribution >= 4 is 27.3 Å². The molecule has 0 spiro atoms. The minimum atomic E-state index is -6.72. The van der Waals surface area contributed by atoms with Crippen molar-refractivity contribution < 1.29 is 43.2 Å². The van der Waals surface area contributed by atoms with Gasteiger partial charge in [0.05, 0.1) is 18.5 Å². The van der Waals surface area contributed by atoms with E-state index in [4.69, 9.17) is 0 Å². The molecule has 0 unspecified atom stereocenters. The van der Waals surface area contributed by atoms with E-state index in [0.29, 0.717) is 0 Å². The van der Waals surface area contributed by atoms with Crippen LogP contribution in [0.1, 0.15) is 27.7 Å². The molecule has 0 aromatic rings. The van der Waals surface area contributed by atoms with Crippen molar-refractivity contribution in [3.8, 4) is 0 Å². The number of hydrogen-bond acceptors (Lipinski definition) is 4. The van der Waals surface area contributed by atoms with Crippen LogP contribution in [0.25, 0.3) is 4.13 Å². The highest BCUT2D eigenvalue weighted by Crippen LogP contribution is 2.55. The van der Waals surface area contributed by atoms with Crippen molar-refractivity contribution in [2.75, 3.05) is 25.2 Å². The number of nitrogens with zero attached hydrogens (tertiary/aromatic N) is 1. The largest absolute Gasteiger partial charge is 0.480 e. The summed E-state index contributed by atoms with van der Waals surface area (Å²) in [4.78, 5) is 0. The second-order valence-electron chi connectivity index (χ2n) is 5.74. The first-order valence-corrected chi connectivity index (χ1v) is 12.6. The molecular formula is C11H22F6NO4PS2. The van der Waals surface area contributed by atoms with Gasteiger partial charge in [0.15, 0.2) is 20.0 Å². The van der Waals surface area contributed by atoms with Crippen molar-refractivity contribution in [1.29, 1.82) is 0 Å². The Morgan fingerprint density at radius 2 is 1.12 bits per heavy atom. The number of sulfonamides is 2. The van der Waals surface area contributed by atoms with Crippen molar-refractivity contribution in [1.82, 2.24) is 0 Å². The van der Waals surface area contributed by atoms with Gasteiger partial charge in [0.25, 0.3) is 0 Å². The maximum atomic E-state index is 11.4. The zero-order valence-electron chi connectivity index (χ0n) is 14.3. The lowest BCUT2D eigenvalue weighted by Crippen LogP contribution is -2.30. The van der Waals surface area contributed by atoms with Crippen molar-refractivity contribution in [2.24, 2.45) is 5.92 Å². The Morgan fingerprint density at radius 1 is 0.840 bits per heavy atom. The smallest absolute Gasteiger partial charge is 0.421 e. The zero-order valence-corrected chi connectivity index (χ0v) is 16.8. The lowest BCUT2D eigenvalue weighted by Gasteiger charge is -2.22. The normalized spacial score (nSPS) is 14.2. The summed E-state index contributed by atoms with van der Waals surface area (Å²) in [5.74, 6) is 0.901. The highest BCUT2D eigenvalue weighted by molar-refractivity contribution is 8.13. The first-order valence-electron chi connectivity index (χ1n) is 6.95. The average molecular weight is 441 g/mol. The fourth-order valence-electron chi connectivity index (χ4n) is 1.58. The average Bonchev–Trinajstić information content (AvgIpc) is 2.34. The molecule has 0 aliphatic heterocycles. The van der Waals surface area contributed by atoms with Gasteiger partial charge in [0.1, 0.15) is 0 Å². The molecule has 0 saturated carbocycles. The summed E-state index contributed by atoms with van der Waals surface area (Å²) in [5, 5.41) is 0. The topological polar surface area (TPSA) is 82.4 Å². The molecule has 0 radical (unpaired) electrons. The third kappa shape index (κ3) is 9.39. The summed E-state index contributed by atoms with van der Waals surface area (Å²) in [6.45, 7) is 11.9. The van der Waals surface area contributed by atoms with Crippen LogP contribution in [0.4, 0.5) is 26.3 Å². The van der Waals surface area contributed by atoms with Crippen LogP contribution in [0.2, 0.25) is 0 Å². The predicted molar refractivity (Wildman–Crippen MR) is 86.9 cm³/mol. The van der Waals surface area contributed by atoms with E-state index in [9.17, 15) is 43.2 Å². The molecule has 0 rings (SSSR count). The second kappa shape index (κ2) is 9.18. The lowest BCUT2D eigenvalue weighted by atomic mass is 10.3. The highest BCUT2D eigenvalue weighted by atomic mass is 32.3. The third-order valence-corrected chi connectivity index (χ3v) is 10.5. The Balaban J connectivity index is 0. The summed E-state index contributed by atoms with van der Waals surface area (Å²) >= 11 is 0. The van der Waals surface area contributed by atoms with E-state index in [2.05, 4.69) is 34.4 Å². The minimum Gasteiger partial charge on any atom is -0.421 e. The van der Waals surface area contributed by atoms with Crippen LogP contribution in [-0.4, -0.2) is 53.0 Å². The molecule has 0 aliphatic rings. The van der Waals surface area contributed by atoms with Gasteiger partial charge in [-0.1, -0.05) is 13.8 Å². The van der Waals surface area contributed by atoms with Gasteiger partial charge >= 0.3 is 11.0 Å². The van der Waals surface area contributed by atoms with Gasteiger partial charge in [-0.15, -0.1) is 0 Å². The van der Waals surface area contributed by atoms with E-state index < -0.39 is 38.3 Å². The first kappa shape index (κ1) is 27.1. The van der Waals surface area contributed by atoms with Crippen LogP contribution < -0.4 is 0 Å². The second-order valence-corrected chi connectivity index (χ2v) is 14.0. The molecule has 0 fully saturated rings. The Labute approximate surface area is 145 Å². The Hall–Kier alpha value is -0.130. The van der Waals surface area contributed by atoms with E-state index in [1.165, 1.54) is 18.5 Å². The van der Waals surface area contributed by atoms with Gasteiger partial charge in [-0.3, -0.25) is 0 Å². The quantitative estimate of drug-likeness (QED) is 0.452. The van der Waals surface area contributed by atoms with Crippen LogP contribution in [0.3, 0.4) is 0 Å². The molecule has 0 N–H and O–H groups in total. The molecule has 0 aromatic heterocycles. The predicted octanol–water partition coefficient (Wildman–Crippen LogP) is 4.39. The Bertz CT molecular complexity index is 567. The maximum Gasteiger partial charge on any atom is 0.480 e. The van der Waals surface area contributed by atoms with Crippen molar-refractivity contribution in [3.05, 3.63) is 4.13 Å². The summed E-state index contributed by atoms with van der Waals surface area (Å²) in [6.07, 6.45) is 4.35. The van der Waals surface area contributed by atoms with E-state index in [1.54, 1.807) is 0 Å². The molecule has 0 heterocycles. The fraction of sp³-hybridized carbons (Fsp3) is 1.00. The molecule has 0 amide bonds. The molecule has 14 heteroatoms.